The summed E-state index contributed by atoms with van der Waals surface area (Å²) >= 11 is 0. The van der Waals surface area contributed by atoms with Gasteiger partial charge in [0.25, 0.3) is 5.69 Å². The maximum absolute atomic E-state index is 11.6. The van der Waals surface area contributed by atoms with E-state index in [0.717, 1.165) is 12.1 Å². The average molecular weight is 290 g/mol. The zero-order chi connectivity index (χ0) is 15.6. The second-order valence-electron chi connectivity index (χ2n) is 4.31. The molecule has 21 heavy (non-hydrogen) atoms. The number of hydrogen-bond acceptors (Lipinski definition) is 7. The molecule has 2 rings (SSSR count). The fraction of sp³-hybridized carbons (Fsp3) is 0.167. The second-order valence-corrected chi connectivity index (χ2v) is 4.31. The van der Waals surface area contributed by atoms with Crippen molar-refractivity contribution in [2.24, 2.45) is 5.10 Å². The van der Waals surface area contributed by atoms with Gasteiger partial charge in [-0.3, -0.25) is 30.4 Å². The number of nitrogens with zero attached hydrogens (tertiary/aromatic N) is 3. The first kappa shape index (κ1) is 14.3. The lowest BCUT2D eigenvalue weighted by Gasteiger charge is -2.03. The maximum atomic E-state index is 11.6. The van der Waals surface area contributed by atoms with Gasteiger partial charge in [0.05, 0.1) is 15.9 Å². The normalized spacial score (nSPS) is 16.0. The molecule has 0 aromatic heterocycles. The average Bonchev–Trinajstić information content (AvgIpc) is 2.76. The number of rotatable bonds is 4. The van der Waals surface area contributed by atoms with Gasteiger partial charge in [-0.2, -0.15) is 5.10 Å². The van der Waals surface area contributed by atoms with E-state index in [1.807, 2.05) is 0 Å². The van der Waals surface area contributed by atoms with E-state index in [0.29, 0.717) is 12.0 Å². The number of nitro groups is 2. The monoisotopic (exact) mass is 290 g/mol. The number of anilines is 1. The molecule has 0 atom stereocenters. The molecule has 1 aliphatic carbocycles. The van der Waals surface area contributed by atoms with Crippen molar-refractivity contribution in [3.05, 3.63) is 50.1 Å². The van der Waals surface area contributed by atoms with E-state index in [1.54, 1.807) is 13.0 Å². The number of non-ortho nitro benzene ring substituents is 1. The van der Waals surface area contributed by atoms with Crippen LogP contribution in [0.2, 0.25) is 0 Å². The van der Waals surface area contributed by atoms with Gasteiger partial charge in [0.15, 0.2) is 0 Å². The second kappa shape index (κ2) is 5.49. The minimum Gasteiger partial charge on any atom is -0.288 e. The van der Waals surface area contributed by atoms with Crippen molar-refractivity contribution in [1.29, 1.82) is 0 Å². The van der Waals surface area contributed by atoms with E-state index in [1.165, 1.54) is 6.07 Å². The summed E-state index contributed by atoms with van der Waals surface area (Å²) in [5.74, 6) is -0.230. The molecule has 0 amide bonds. The molecule has 0 saturated carbocycles. The molecule has 0 fully saturated rings. The van der Waals surface area contributed by atoms with Crippen LogP contribution in [0.1, 0.15) is 13.3 Å². The summed E-state index contributed by atoms with van der Waals surface area (Å²) in [4.78, 5) is 31.7. The number of ketones is 1. The molecular formula is C12H10N4O5. The van der Waals surface area contributed by atoms with Crippen molar-refractivity contribution in [3.8, 4) is 0 Å². The van der Waals surface area contributed by atoms with Crippen LogP contribution in [0.15, 0.2) is 34.9 Å². The molecular weight excluding hydrogens is 280 g/mol. The SMILES string of the molecule is CC1=CC/C(=N/Nc2ccc([N+](=O)[O-])cc2[N+](=O)[O-])C1=O. The number of hydrazone groups is 1. The fourth-order valence-corrected chi connectivity index (χ4v) is 1.77. The van der Waals surface area contributed by atoms with E-state index in [-0.39, 0.29) is 17.2 Å². The summed E-state index contributed by atoms with van der Waals surface area (Å²) < 4.78 is 0. The van der Waals surface area contributed by atoms with Crippen LogP contribution in [0, 0.1) is 20.2 Å². The highest BCUT2D eigenvalue weighted by atomic mass is 16.6. The number of carbonyl (C=O) groups is 1. The molecule has 108 valence electrons. The maximum Gasteiger partial charge on any atom is 0.301 e. The van der Waals surface area contributed by atoms with Crippen LogP contribution in [0.4, 0.5) is 17.1 Å². The summed E-state index contributed by atoms with van der Waals surface area (Å²) in [5, 5.41) is 25.4. The number of Topliss-reactive ketones (excluding diaryl/α,β-unsaturated/α-hetero) is 1. The largest absolute Gasteiger partial charge is 0.301 e. The zero-order valence-electron chi connectivity index (χ0n) is 10.9. The van der Waals surface area contributed by atoms with Gasteiger partial charge in [0.2, 0.25) is 5.78 Å². The minimum atomic E-state index is -0.754. The lowest BCUT2D eigenvalue weighted by molar-refractivity contribution is -0.393. The van der Waals surface area contributed by atoms with Crippen LogP contribution < -0.4 is 5.43 Å². The van der Waals surface area contributed by atoms with Crippen molar-refractivity contribution in [2.45, 2.75) is 13.3 Å². The van der Waals surface area contributed by atoms with Crippen molar-refractivity contribution in [2.75, 3.05) is 5.43 Å². The molecule has 0 saturated heterocycles. The van der Waals surface area contributed by atoms with Crippen LogP contribution in [0.3, 0.4) is 0 Å². The fourth-order valence-electron chi connectivity index (χ4n) is 1.77. The molecule has 1 N–H and O–H groups in total. The Morgan fingerprint density at radius 3 is 2.48 bits per heavy atom. The number of nitro benzene ring substituents is 2. The highest BCUT2D eigenvalue weighted by Crippen LogP contribution is 2.29. The molecule has 1 aromatic rings. The van der Waals surface area contributed by atoms with Gasteiger partial charge in [0, 0.05) is 12.5 Å². The van der Waals surface area contributed by atoms with Gasteiger partial charge in [-0.05, 0) is 18.6 Å². The number of nitrogens with one attached hydrogen (secondary N) is 1. The molecule has 9 nitrogen and oxygen atoms in total. The molecule has 0 unspecified atom stereocenters. The summed E-state index contributed by atoms with van der Waals surface area (Å²) in [6, 6.07) is 3.14. The predicted octanol–water partition coefficient (Wildman–Crippen LogP) is 2.19. The molecule has 0 heterocycles. The third-order valence-electron chi connectivity index (χ3n) is 2.92. The van der Waals surface area contributed by atoms with Crippen LogP contribution in [-0.2, 0) is 4.79 Å². The number of benzene rings is 1. The smallest absolute Gasteiger partial charge is 0.288 e. The van der Waals surface area contributed by atoms with Gasteiger partial charge >= 0.3 is 5.69 Å². The molecule has 0 spiro atoms. The topological polar surface area (TPSA) is 128 Å². The molecule has 9 heteroatoms. The van der Waals surface area contributed by atoms with E-state index in [4.69, 9.17) is 0 Å². The Labute approximate surface area is 118 Å². The number of allylic oxidation sites excluding steroid dienone is 2. The number of carbonyl (C=O) groups excluding carboxylic acids is 1. The van der Waals surface area contributed by atoms with Crippen molar-refractivity contribution in [3.63, 3.8) is 0 Å². The Balaban J connectivity index is 2.29. The van der Waals surface area contributed by atoms with E-state index in [9.17, 15) is 25.0 Å². The minimum absolute atomic E-state index is 0.0181. The van der Waals surface area contributed by atoms with Crippen LogP contribution in [0.25, 0.3) is 0 Å². The Morgan fingerprint density at radius 1 is 1.24 bits per heavy atom. The highest BCUT2D eigenvalue weighted by Gasteiger charge is 2.21. The first-order valence-corrected chi connectivity index (χ1v) is 5.87. The Morgan fingerprint density at radius 2 is 1.95 bits per heavy atom. The predicted molar refractivity (Wildman–Crippen MR) is 74.2 cm³/mol. The van der Waals surface area contributed by atoms with E-state index >= 15 is 0 Å². The molecule has 1 aliphatic rings. The van der Waals surface area contributed by atoms with Gasteiger partial charge in [-0.15, -0.1) is 0 Å². The molecule has 0 radical (unpaired) electrons. The van der Waals surface area contributed by atoms with Gasteiger partial charge < -0.3 is 0 Å². The summed E-state index contributed by atoms with van der Waals surface area (Å²) in [6.45, 7) is 1.65. The first-order valence-electron chi connectivity index (χ1n) is 5.87. The summed E-state index contributed by atoms with van der Waals surface area (Å²) in [5.41, 5.74) is 2.33. The quantitative estimate of drug-likeness (QED) is 0.668. The first-order chi connectivity index (χ1) is 9.90. The summed E-state index contributed by atoms with van der Waals surface area (Å²) in [7, 11) is 0. The molecule has 0 aliphatic heterocycles. The number of hydrogen-bond donors (Lipinski definition) is 1. The Hall–Kier alpha value is -3.10. The summed E-state index contributed by atoms with van der Waals surface area (Å²) in [6.07, 6.45) is 2.05. The van der Waals surface area contributed by atoms with Crippen molar-refractivity contribution in [1.82, 2.24) is 0 Å². The van der Waals surface area contributed by atoms with E-state index < -0.39 is 21.2 Å². The zero-order valence-corrected chi connectivity index (χ0v) is 10.9. The van der Waals surface area contributed by atoms with Crippen LogP contribution in [-0.4, -0.2) is 21.3 Å². The van der Waals surface area contributed by atoms with Gasteiger partial charge in [-0.1, -0.05) is 6.08 Å². The lowest BCUT2D eigenvalue weighted by Crippen LogP contribution is -2.10. The van der Waals surface area contributed by atoms with Gasteiger partial charge in [0.1, 0.15) is 11.4 Å². The van der Waals surface area contributed by atoms with Crippen LogP contribution >= 0.6 is 0 Å². The molecule has 0 bridgehead atoms. The Bertz CT molecular complexity index is 708. The van der Waals surface area contributed by atoms with Crippen LogP contribution in [0.5, 0.6) is 0 Å². The van der Waals surface area contributed by atoms with E-state index in [2.05, 4.69) is 10.5 Å². The standard InChI is InChI=1S/C12H10N4O5/c1-7-2-4-10(12(7)17)14-13-9-5-3-8(15(18)19)6-11(9)16(20)21/h2-3,5-6,13H,4H2,1H3/b14-10-. The highest BCUT2D eigenvalue weighted by molar-refractivity contribution is 6.48. The molecule has 1 aromatic carbocycles. The Kier molecular flexibility index (Phi) is 3.74. The third-order valence-corrected chi connectivity index (χ3v) is 2.92. The lowest BCUT2D eigenvalue weighted by atomic mass is 10.2. The third kappa shape index (κ3) is 2.91. The van der Waals surface area contributed by atoms with Gasteiger partial charge in [-0.25, -0.2) is 0 Å². The van der Waals surface area contributed by atoms with Crippen molar-refractivity contribution < 1.29 is 14.6 Å². The van der Waals surface area contributed by atoms with Crippen molar-refractivity contribution >= 4 is 28.6 Å².